The van der Waals surface area contributed by atoms with E-state index in [1.54, 1.807) is 0 Å². The van der Waals surface area contributed by atoms with Crippen LogP contribution in [0.2, 0.25) is 0 Å². The van der Waals surface area contributed by atoms with E-state index in [0.29, 0.717) is 5.92 Å². The van der Waals surface area contributed by atoms with Crippen LogP contribution in [-0.2, 0) is 4.79 Å². The van der Waals surface area contributed by atoms with Crippen molar-refractivity contribution in [1.29, 1.82) is 0 Å². The van der Waals surface area contributed by atoms with Crippen molar-refractivity contribution in [2.75, 3.05) is 0 Å². The summed E-state index contributed by atoms with van der Waals surface area (Å²) < 4.78 is 0. The van der Waals surface area contributed by atoms with Gasteiger partial charge in [0.1, 0.15) is 11.2 Å². The predicted molar refractivity (Wildman–Crippen MR) is 70.1 cm³/mol. The molecule has 3 rings (SSSR count). The number of amides is 1. The molecule has 0 aromatic heterocycles. The van der Waals surface area contributed by atoms with Crippen molar-refractivity contribution in [3.63, 3.8) is 0 Å². The maximum atomic E-state index is 11.4. The SMILES string of the molecule is CC=C1C2C=C(C)C[C@@]1(N)C1=C(C2)NC(=O)C=[C+]1. The lowest BCUT2D eigenvalue weighted by molar-refractivity contribution is -0.116. The first kappa shape index (κ1) is 11.4. The van der Waals surface area contributed by atoms with Crippen LogP contribution in [0, 0.1) is 12.0 Å². The smallest absolute Gasteiger partial charge is 0.315 e. The summed E-state index contributed by atoms with van der Waals surface area (Å²) in [5, 5.41) is 2.92. The third-order valence-corrected chi connectivity index (χ3v) is 4.06. The van der Waals surface area contributed by atoms with Gasteiger partial charge in [0.2, 0.25) is 0 Å². The average molecular weight is 241 g/mol. The molecule has 0 saturated heterocycles. The van der Waals surface area contributed by atoms with Crippen molar-refractivity contribution in [3.8, 4) is 0 Å². The van der Waals surface area contributed by atoms with E-state index >= 15 is 0 Å². The zero-order chi connectivity index (χ0) is 12.9. The van der Waals surface area contributed by atoms with Gasteiger partial charge in [-0.2, -0.15) is 4.79 Å². The molecule has 92 valence electrons. The highest BCUT2D eigenvalue weighted by atomic mass is 16.1. The monoisotopic (exact) mass is 241 g/mol. The van der Waals surface area contributed by atoms with E-state index in [1.165, 1.54) is 17.2 Å². The summed E-state index contributed by atoms with van der Waals surface area (Å²) >= 11 is 0. The highest BCUT2D eigenvalue weighted by Crippen LogP contribution is 2.47. The van der Waals surface area contributed by atoms with Gasteiger partial charge in [-0.15, -0.1) is 0 Å². The van der Waals surface area contributed by atoms with Crippen LogP contribution in [0.15, 0.2) is 40.6 Å². The van der Waals surface area contributed by atoms with Gasteiger partial charge < -0.3 is 5.73 Å². The van der Waals surface area contributed by atoms with Gasteiger partial charge in [0.25, 0.3) is 0 Å². The minimum absolute atomic E-state index is 0.0972. The van der Waals surface area contributed by atoms with Crippen molar-refractivity contribution in [1.82, 2.24) is 5.32 Å². The van der Waals surface area contributed by atoms with Crippen molar-refractivity contribution >= 4 is 5.91 Å². The standard InChI is InChI=1S/C15H16N2O/c1-3-11-10-6-9(2)8-15(11,16)12-4-5-14(18)17-13(12)7-10/h3,5-6,10H,7-8,16H2,1-2H3/p+1/t10?,15-/m0/s1. The number of carbonyl (C=O) groups is 1. The number of hydrogen-bond donors (Lipinski definition) is 2. The van der Waals surface area contributed by atoms with E-state index in [1.807, 2.05) is 6.92 Å². The maximum absolute atomic E-state index is 11.4. The molecular weight excluding hydrogens is 224 g/mol. The van der Waals surface area contributed by atoms with Crippen LogP contribution in [0.4, 0.5) is 0 Å². The molecule has 0 spiro atoms. The predicted octanol–water partition coefficient (Wildman–Crippen LogP) is 1.74. The lowest BCUT2D eigenvalue weighted by Crippen LogP contribution is -2.53. The number of fused-ring (bicyclic) bond motifs is 3. The Hall–Kier alpha value is -1.70. The Bertz CT molecular complexity index is 551. The lowest BCUT2D eigenvalue weighted by atomic mass is 9.63. The number of rotatable bonds is 0. The fraction of sp³-hybridized carbons (Fsp3) is 0.400. The highest BCUT2D eigenvalue weighted by molar-refractivity contribution is 5.90. The number of nitrogens with two attached hydrogens (primary N) is 1. The second-order valence-electron chi connectivity index (χ2n) is 5.35. The maximum Gasteiger partial charge on any atom is 0.364 e. The van der Waals surface area contributed by atoms with Crippen LogP contribution < -0.4 is 11.1 Å². The van der Waals surface area contributed by atoms with E-state index in [9.17, 15) is 4.79 Å². The van der Waals surface area contributed by atoms with Crippen LogP contribution >= 0.6 is 0 Å². The minimum Gasteiger partial charge on any atom is -0.315 e. The van der Waals surface area contributed by atoms with Crippen LogP contribution in [0.1, 0.15) is 26.7 Å². The molecule has 3 N–H and O–H groups in total. The van der Waals surface area contributed by atoms with Gasteiger partial charge in [0.05, 0.1) is 6.08 Å². The molecule has 2 aliphatic carbocycles. The Balaban J connectivity index is 2.17. The summed E-state index contributed by atoms with van der Waals surface area (Å²) in [7, 11) is 0. The molecule has 0 fully saturated rings. The summed E-state index contributed by atoms with van der Waals surface area (Å²) in [6.07, 6.45) is 10.6. The summed E-state index contributed by atoms with van der Waals surface area (Å²) in [6.45, 7) is 4.16. The summed E-state index contributed by atoms with van der Waals surface area (Å²) in [6, 6.07) is 0. The summed E-state index contributed by atoms with van der Waals surface area (Å²) in [4.78, 5) is 11.4. The van der Waals surface area contributed by atoms with Crippen molar-refractivity contribution in [2.24, 2.45) is 11.7 Å². The van der Waals surface area contributed by atoms with E-state index in [4.69, 9.17) is 5.73 Å². The molecule has 2 bridgehead atoms. The molecule has 0 saturated carbocycles. The number of allylic oxidation sites excluding steroid dienone is 3. The normalized spacial score (nSPS) is 35.9. The molecule has 3 nitrogen and oxygen atoms in total. The fourth-order valence-corrected chi connectivity index (χ4v) is 3.48. The van der Waals surface area contributed by atoms with Crippen LogP contribution in [0.3, 0.4) is 0 Å². The van der Waals surface area contributed by atoms with E-state index in [2.05, 4.69) is 30.5 Å². The molecule has 1 heterocycles. The lowest BCUT2D eigenvalue weighted by Gasteiger charge is -2.42. The minimum atomic E-state index is -0.490. The zero-order valence-electron chi connectivity index (χ0n) is 10.7. The fourth-order valence-electron chi connectivity index (χ4n) is 3.48. The van der Waals surface area contributed by atoms with Crippen molar-refractivity contribution in [3.05, 3.63) is 46.7 Å². The van der Waals surface area contributed by atoms with Gasteiger partial charge in [-0.1, -0.05) is 17.7 Å². The molecule has 0 aromatic rings. The molecule has 18 heavy (non-hydrogen) atoms. The van der Waals surface area contributed by atoms with Gasteiger partial charge in [-0.05, 0) is 25.8 Å². The largest absolute Gasteiger partial charge is 0.364 e. The van der Waals surface area contributed by atoms with E-state index in [-0.39, 0.29) is 5.91 Å². The van der Waals surface area contributed by atoms with Crippen molar-refractivity contribution < 1.29 is 4.79 Å². The van der Waals surface area contributed by atoms with E-state index < -0.39 is 5.54 Å². The Labute approximate surface area is 107 Å². The molecule has 1 amide bonds. The highest BCUT2D eigenvalue weighted by Gasteiger charge is 2.50. The number of hydrogen-bond acceptors (Lipinski definition) is 2. The summed E-state index contributed by atoms with van der Waals surface area (Å²) in [5.41, 5.74) is 10.6. The van der Waals surface area contributed by atoms with E-state index in [0.717, 1.165) is 24.1 Å². The second-order valence-corrected chi connectivity index (χ2v) is 5.35. The van der Waals surface area contributed by atoms with Crippen LogP contribution in [0.25, 0.3) is 0 Å². The topological polar surface area (TPSA) is 55.1 Å². The molecule has 3 aliphatic rings. The first-order valence-electron chi connectivity index (χ1n) is 6.32. The third-order valence-electron chi connectivity index (χ3n) is 4.06. The summed E-state index contributed by atoms with van der Waals surface area (Å²) in [5.74, 6) is 0.216. The second kappa shape index (κ2) is 3.64. The molecule has 0 radical (unpaired) electrons. The Morgan fingerprint density at radius 2 is 2.39 bits per heavy atom. The van der Waals surface area contributed by atoms with Gasteiger partial charge >= 0.3 is 5.91 Å². The molecular formula is C15H17N2O+. The molecule has 1 unspecified atom stereocenters. The van der Waals surface area contributed by atoms with Crippen LogP contribution in [-0.4, -0.2) is 11.4 Å². The van der Waals surface area contributed by atoms with Gasteiger partial charge in [-0.3, -0.25) is 0 Å². The molecule has 2 atom stereocenters. The zero-order valence-corrected chi connectivity index (χ0v) is 10.7. The Kier molecular flexibility index (Phi) is 2.31. The Morgan fingerprint density at radius 1 is 1.61 bits per heavy atom. The number of carbonyl (C=O) groups excluding carboxylic acids is 1. The van der Waals surface area contributed by atoms with Gasteiger partial charge in [0, 0.05) is 12.3 Å². The number of dihydropyridines is 1. The first-order chi connectivity index (χ1) is 8.54. The molecule has 3 heteroatoms. The average Bonchev–Trinajstić information content (AvgIpc) is 2.26. The number of nitrogens with one attached hydrogen (secondary N) is 1. The quantitative estimate of drug-likeness (QED) is 0.501. The van der Waals surface area contributed by atoms with Crippen molar-refractivity contribution in [2.45, 2.75) is 32.2 Å². The first-order valence-corrected chi connectivity index (χ1v) is 6.32. The van der Waals surface area contributed by atoms with Gasteiger partial charge in [0.15, 0.2) is 11.6 Å². The Morgan fingerprint density at radius 3 is 3.11 bits per heavy atom. The molecule has 0 aromatic carbocycles. The van der Waals surface area contributed by atoms with Crippen LogP contribution in [0.5, 0.6) is 0 Å². The molecule has 1 aliphatic heterocycles. The van der Waals surface area contributed by atoms with Gasteiger partial charge in [-0.25, -0.2) is 5.32 Å². The third kappa shape index (κ3) is 1.41.